The van der Waals surface area contributed by atoms with Crippen LogP contribution in [0.5, 0.6) is 0 Å². The number of benzene rings is 1. The van der Waals surface area contributed by atoms with E-state index in [4.69, 9.17) is 5.11 Å². The Balaban J connectivity index is 2.45. The molecule has 0 aliphatic carbocycles. The maximum Gasteiger partial charge on any atom is 0.102 e. The van der Waals surface area contributed by atoms with Crippen LogP contribution in [-0.4, -0.2) is 27.6 Å². The molecule has 3 nitrogen and oxygen atoms in total. The number of nitrogens with zero attached hydrogens (tertiary/aromatic N) is 1. The Bertz CT molecular complexity index is 487. The Hall–Kier alpha value is -1.10. The minimum Gasteiger partial charge on any atom is -0.396 e. The van der Waals surface area contributed by atoms with Gasteiger partial charge in [0.2, 0.25) is 0 Å². The van der Waals surface area contributed by atoms with E-state index in [9.17, 15) is 5.11 Å². The molecular formula is C12H13NO2S. The van der Waals surface area contributed by atoms with Crippen molar-refractivity contribution in [3.05, 3.63) is 35.9 Å². The summed E-state index contributed by atoms with van der Waals surface area (Å²) in [6.45, 7) is 0.0929. The zero-order valence-electron chi connectivity index (χ0n) is 8.76. The predicted octanol–water partition coefficient (Wildman–Crippen LogP) is 1.81. The van der Waals surface area contributed by atoms with Crippen LogP contribution in [0.2, 0.25) is 0 Å². The van der Waals surface area contributed by atoms with Crippen LogP contribution in [0.3, 0.4) is 0 Å². The van der Waals surface area contributed by atoms with Crippen molar-refractivity contribution in [1.82, 2.24) is 4.98 Å². The molecule has 0 spiro atoms. The lowest BCUT2D eigenvalue weighted by molar-refractivity contribution is 0.278. The number of rotatable bonds is 4. The fraction of sp³-hybridized carbons (Fsp3) is 0.250. The Morgan fingerprint density at radius 2 is 2.00 bits per heavy atom. The third kappa shape index (κ3) is 2.35. The number of hydrogen-bond donors (Lipinski definition) is 2. The zero-order chi connectivity index (χ0) is 11.4. The summed E-state index contributed by atoms with van der Waals surface area (Å²) >= 11 is 1.47. The summed E-state index contributed by atoms with van der Waals surface area (Å²) in [5, 5.41) is 19.9. The fourth-order valence-electron chi connectivity index (χ4n) is 1.52. The van der Waals surface area contributed by atoms with Gasteiger partial charge in [0.1, 0.15) is 5.03 Å². The largest absolute Gasteiger partial charge is 0.396 e. The lowest BCUT2D eigenvalue weighted by Gasteiger charge is -2.07. The molecule has 1 heterocycles. The standard InChI is InChI=1S/C12H13NO2S/c14-5-6-16-12-10(8-15)7-9-3-1-2-4-11(9)13-12/h1-4,7,14-15H,5-6,8H2. The molecule has 1 aromatic heterocycles. The Kier molecular flexibility index (Phi) is 3.77. The van der Waals surface area contributed by atoms with E-state index in [-0.39, 0.29) is 13.2 Å². The van der Waals surface area contributed by atoms with Crippen molar-refractivity contribution in [1.29, 1.82) is 0 Å². The summed E-state index contributed by atoms with van der Waals surface area (Å²) in [5.74, 6) is 0.596. The maximum atomic E-state index is 9.26. The monoisotopic (exact) mass is 235 g/mol. The molecule has 1 aromatic carbocycles. The number of aliphatic hydroxyl groups is 2. The molecule has 0 unspecified atom stereocenters. The molecule has 0 aliphatic rings. The number of aliphatic hydroxyl groups excluding tert-OH is 2. The molecule has 4 heteroatoms. The highest BCUT2D eigenvalue weighted by molar-refractivity contribution is 7.99. The third-order valence-electron chi connectivity index (χ3n) is 2.26. The topological polar surface area (TPSA) is 53.4 Å². The van der Waals surface area contributed by atoms with Crippen LogP contribution in [0.15, 0.2) is 35.4 Å². The minimum absolute atomic E-state index is 0.0222. The van der Waals surface area contributed by atoms with Gasteiger partial charge in [0.25, 0.3) is 0 Å². The summed E-state index contributed by atoms with van der Waals surface area (Å²) in [6, 6.07) is 9.75. The van der Waals surface area contributed by atoms with Gasteiger partial charge in [0, 0.05) is 16.7 Å². The van der Waals surface area contributed by atoms with E-state index in [1.807, 2.05) is 30.3 Å². The zero-order valence-corrected chi connectivity index (χ0v) is 9.57. The first-order valence-electron chi connectivity index (χ1n) is 5.08. The molecule has 16 heavy (non-hydrogen) atoms. The molecule has 2 N–H and O–H groups in total. The number of thioether (sulfide) groups is 1. The maximum absolute atomic E-state index is 9.26. The van der Waals surface area contributed by atoms with Crippen molar-refractivity contribution in [3.63, 3.8) is 0 Å². The van der Waals surface area contributed by atoms with Crippen LogP contribution < -0.4 is 0 Å². The SMILES string of the molecule is OCCSc1nc2ccccc2cc1CO. The number of hydrogen-bond acceptors (Lipinski definition) is 4. The first-order valence-corrected chi connectivity index (χ1v) is 6.07. The average molecular weight is 235 g/mol. The molecule has 0 aliphatic heterocycles. The van der Waals surface area contributed by atoms with Crippen LogP contribution in [0, 0.1) is 0 Å². The molecule has 2 rings (SSSR count). The average Bonchev–Trinajstić information content (AvgIpc) is 2.35. The smallest absolute Gasteiger partial charge is 0.102 e. The second kappa shape index (κ2) is 5.30. The number of aromatic nitrogens is 1. The van der Waals surface area contributed by atoms with Crippen molar-refractivity contribution in [3.8, 4) is 0 Å². The third-order valence-corrected chi connectivity index (χ3v) is 3.28. The first kappa shape index (κ1) is 11.4. The van der Waals surface area contributed by atoms with Gasteiger partial charge in [-0.05, 0) is 12.1 Å². The van der Waals surface area contributed by atoms with Gasteiger partial charge in [-0.25, -0.2) is 4.98 Å². The Morgan fingerprint density at radius 1 is 1.19 bits per heavy atom. The van der Waals surface area contributed by atoms with Crippen LogP contribution >= 0.6 is 11.8 Å². The highest BCUT2D eigenvalue weighted by Gasteiger charge is 2.06. The van der Waals surface area contributed by atoms with Crippen LogP contribution in [0.25, 0.3) is 10.9 Å². The minimum atomic E-state index is -0.0222. The molecular weight excluding hydrogens is 222 g/mol. The summed E-state index contributed by atoms with van der Waals surface area (Å²) < 4.78 is 0. The quantitative estimate of drug-likeness (QED) is 0.794. The van der Waals surface area contributed by atoms with Crippen LogP contribution in [0.4, 0.5) is 0 Å². The molecule has 0 radical (unpaired) electrons. The van der Waals surface area contributed by atoms with E-state index < -0.39 is 0 Å². The van der Waals surface area contributed by atoms with Gasteiger partial charge >= 0.3 is 0 Å². The Morgan fingerprint density at radius 3 is 2.75 bits per heavy atom. The summed E-state index contributed by atoms with van der Waals surface area (Å²) in [5.41, 5.74) is 1.73. The highest BCUT2D eigenvalue weighted by Crippen LogP contribution is 2.24. The first-order chi connectivity index (χ1) is 7.85. The van der Waals surface area contributed by atoms with Crippen molar-refractivity contribution < 1.29 is 10.2 Å². The molecule has 2 aromatic rings. The fourth-order valence-corrected chi connectivity index (χ4v) is 2.28. The van der Waals surface area contributed by atoms with Crippen molar-refractivity contribution in [2.75, 3.05) is 12.4 Å². The Labute approximate surface area is 98.1 Å². The number of para-hydroxylation sites is 1. The van der Waals surface area contributed by atoms with Crippen LogP contribution in [0.1, 0.15) is 5.56 Å². The van der Waals surface area contributed by atoms with E-state index >= 15 is 0 Å². The lowest BCUT2D eigenvalue weighted by Crippen LogP contribution is -1.95. The van der Waals surface area contributed by atoms with Crippen molar-refractivity contribution in [2.24, 2.45) is 0 Å². The highest BCUT2D eigenvalue weighted by atomic mass is 32.2. The molecule has 0 bridgehead atoms. The van der Waals surface area contributed by atoms with Gasteiger partial charge in [-0.3, -0.25) is 0 Å². The van der Waals surface area contributed by atoms with E-state index in [0.717, 1.165) is 21.5 Å². The number of fused-ring (bicyclic) bond motifs is 1. The lowest BCUT2D eigenvalue weighted by atomic mass is 10.2. The van der Waals surface area contributed by atoms with Crippen molar-refractivity contribution in [2.45, 2.75) is 11.6 Å². The summed E-state index contributed by atoms with van der Waals surface area (Å²) in [6.07, 6.45) is 0. The second-order valence-corrected chi connectivity index (χ2v) is 4.46. The molecule has 0 saturated carbocycles. The van der Waals surface area contributed by atoms with Gasteiger partial charge in [0.15, 0.2) is 0 Å². The normalized spacial score (nSPS) is 10.9. The van der Waals surface area contributed by atoms with E-state index in [1.165, 1.54) is 11.8 Å². The van der Waals surface area contributed by atoms with Gasteiger partial charge in [-0.1, -0.05) is 18.2 Å². The van der Waals surface area contributed by atoms with Gasteiger partial charge < -0.3 is 10.2 Å². The summed E-state index contributed by atoms with van der Waals surface area (Å²) in [4.78, 5) is 4.48. The van der Waals surface area contributed by atoms with E-state index in [2.05, 4.69) is 4.98 Å². The molecule has 84 valence electrons. The van der Waals surface area contributed by atoms with E-state index in [1.54, 1.807) is 0 Å². The molecule has 0 atom stereocenters. The predicted molar refractivity (Wildman–Crippen MR) is 65.5 cm³/mol. The van der Waals surface area contributed by atoms with Gasteiger partial charge in [0.05, 0.1) is 18.7 Å². The second-order valence-electron chi connectivity index (χ2n) is 3.38. The van der Waals surface area contributed by atoms with Gasteiger partial charge in [-0.2, -0.15) is 0 Å². The molecule has 0 amide bonds. The number of pyridine rings is 1. The van der Waals surface area contributed by atoms with Crippen molar-refractivity contribution >= 4 is 22.7 Å². The van der Waals surface area contributed by atoms with E-state index in [0.29, 0.717) is 5.75 Å². The molecule has 0 fully saturated rings. The van der Waals surface area contributed by atoms with Crippen LogP contribution in [-0.2, 0) is 6.61 Å². The molecule has 0 saturated heterocycles. The van der Waals surface area contributed by atoms with Gasteiger partial charge in [-0.15, -0.1) is 11.8 Å². The summed E-state index contributed by atoms with van der Waals surface area (Å²) in [7, 11) is 0.